The van der Waals surface area contributed by atoms with Gasteiger partial charge in [0.1, 0.15) is 0 Å². The summed E-state index contributed by atoms with van der Waals surface area (Å²) in [6, 6.07) is 11.8. The average Bonchev–Trinajstić information content (AvgIpc) is 2.45. The highest BCUT2D eigenvalue weighted by molar-refractivity contribution is 7.99. The van der Waals surface area contributed by atoms with E-state index in [1.54, 1.807) is 18.2 Å². The molecule has 0 radical (unpaired) electrons. The van der Waals surface area contributed by atoms with Gasteiger partial charge < -0.3 is 5.11 Å². The molecule has 21 heavy (non-hydrogen) atoms. The Hall–Kier alpha value is -1.17. The van der Waals surface area contributed by atoms with Crippen LogP contribution < -0.4 is 0 Å². The maximum Gasteiger partial charge on any atom is 0.416 e. The molecule has 0 spiro atoms. The molecule has 1 N–H and O–H groups in total. The Balaban J connectivity index is 2.07. The van der Waals surface area contributed by atoms with Crippen molar-refractivity contribution in [3.8, 4) is 0 Å². The molecule has 0 aromatic heterocycles. The van der Waals surface area contributed by atoms with Gasteiger partial charge in [-0.2, -0.15) is 13.2 Å². The van der Waals surface area contributed by atoms with Gasteiger partial charge in [-0.1, -0.05) is 35.9 Å². The molecular formula is C15H12ClF3OS. The van der Waals surface area contributed by atoms with Gasteiger partial charge in [-0.3, -0.25) is 0 Å². The first-order chi connectivity index (χ1) is 9.88. The number of rotatable bonds is 4. The van der Waals surface area contributed by atoms with E-state index in [0.29, 0.717) is 5.02 Å². The van der Waals surface area contributed by atoms with Crippen molar-refractivity contribution in [3.63, 3.8) is 0 Å². The van der Waals surface area contributed by atoms with Gasteiger partial charge in [-0.05, 0) is 29.8 Å². The first kappa shape index (κ1) is 16.2. The molecule has 1 atom stereocenters. The number of hydrogen-bond donors (Lipinski definition) is 1. The molecule has 0 amide bonds. The van der Waals surface area contributed by atoms with E-state index in [1.165, 1.54) is 23.9 Å². The standard InChI is InChI=1S/C15H12ClF3OS/c16-12-6-1-2-7-14(12)21-9-13(20)10-4-3-5-11(8-10)15(17,18)19/h1-8,13,20H,9H2. The van der Waals surface area contributed by atoms with Crippen LogP contribution in [0.2, 0.25) is 5.02 Å². The molecule has 2 aromatic carbocycles. The fourth-order valence-corrected chi connectivity index (χ4v) is 2.96. The Morgan fingerprint density at radius 1 is 1.10 bits per heavy atom. The fourth-order valence-electron chi connectivity index (χ4n) is 1.75. The number of thioether (sulfide) groups is 1. The van der Waals surface area contributed by atoms with Gasteiger partial charge in [0.15, 0.2) is 0 Å². The Labute approximate surface area is 129 Å². The highest BCUT2D eigenvalue weighted by Gasteiger charge is 2.30. The molecule has 2 aromatic rings. The van der Waals surface area contributed by atoms with Gasteiger partial charge in [0, 0.05) is 10.6 Å². The molecule has 0 heterocycles. The van der Waals surface area contributed by atoms with Crippen LogP contribution in [0.3, 0.4) is 0 Å². The van der Waals surface area contributed by atoms with Crippen molar-refractivity contribution in [2.45, 2.75) is 17.2 Å². The van der Waals surface area contributed by atoms with E-state index in [9.17, 15) is 18.3 Å². The van der Waals surface area contributed by atoms with Gasteiger partial charge in [0.2, 0.25) is 0 Å². The van der Waals surface area contributed by atoms with Gasteiger partial charge in [-0.15, -0.1) is 11.8 Å². The summed E-state index contributed by atoms with van der Waals surface area (Å²) in [5.41, 5.74) is -0.522. The van der Waals surface area contributed by atoms with E-state index in [-0.39, 0.29) is 11.3 Å². The number of aliphatic hydroxyl groups excluding tert-OH is 1. The summed E-state index contributed by atoms with van der Waals surface area (Å²) < 4.78 is 37.9. The zero-order valence-corrected chi connectivity index (χ0v) is 12.3. The van der Waals surface area contributed by atoms with Crippen LogP contribution in [0.4, 0.5) is 13.2 Å². The van der Waals surface area contributed by atoms with Gasteiger partial charge in [-0.25, -0.2) is 0 Å². The van der Waals surface area contributed by atoms with Crippen LogP contribution in [-0.4, -0.2) is 10.9 Å². The summed E-state index contributed by atoms with van der Waals surface area (Å²) in [4.78, 5) is 0.783. The number of alkyl halides is 3. The Morgan fingerprint density at radius 3 is 2.48 bits per heavy atom. The number of benzene rings is 2. The molecule has 2 rings (SSSR count). The Kier molecular flexibility index (Phi) is 5.19. The highest BCUT2D eigenvalue weighted by Crippen LogP contribution is 2.33. The summed E-state index contributed by atoms with van der Waals surface area (Å²) in [5, 5.41) is 10.6. The van der Waals surface area contributed by atoms with E-state index in [0.717, 1.165) is 17.0 Å². The third-order valence-electron chi connectivity index (χ3n) is 2.83. The van der Waals surface area contributed by atoms with Crippen LogP contribution in [0, 0.1) is 0 Å². The minimum atomic E-state index is -4.41. The summed E-state index contributed by atoms with van der Waals surface area (Å²) in [7, 11) is 0. The molecule has 0 fully saturated rings. The van der Waals surface area contributed by atoms with Crippen molar-refractivity contribution in [1.29, 1.82) is 0 Å². The lowest BCUT2D eigenvalue weighted by molar-refractivity contribution is -0.137. The van der Waals surface area contributed by atoms with Crippen molar-refractivity contribution in [2.75, 3.05) is 5.75 Å². The fraction of sp³-hybridized carbons (Fsp3) is 0.200. The third kappa shape index (κ3) is 4.40. The van der Waals surface area contributed by atoms with Crippen LogP contribution in [-0.2, 0) is 6.18 Å². The molecule has 0 aliphatic rings. The monoisotopic (exact) mass is 332 g/mol. The lowest BCUT2D eigenvalue weighted by Gasteiger charge is -2.14. The number of hydrogen-bond acceptors (Lipinski definition) is 2. The molecule has 0 bridgehead atoms. The van der Waals surface area contributed by atoms with Gasteiger partial charge in [0.25, 0.3) is 0 Å². The normalized spacial score (nSPS) is 13.2. The van der Waals surface area contributed by atoms with Crippen LogP contribution >= 0.6 is 23.4 Å². The first-order valence-corrected chi connectivity index (χ1v) is 7.47. The lowest BCUT2D eigenvalue weighted by Crippen LogP contribution is -2.07. The predicted molar refractivity (Wildman–Crippen MR) is 78.6 cm³/mol. The maximum absolute atomic E-state index is 12.6. The SMILES string of the molecule is OC(CSc1ccccc1Cl)c1cccc(C(F)(F)F)c1. The zero-order valence-electron chi connectivity index (χ0n) is 10.8. The molecule has 0 saturated heterocycles. The van der Waals surface area contributed by atoms with Crippen LogP contribution in [0.1, 0.15) is 17.2 Å². The molecule has 0 aliphatic carbocycles. The number of halogens is 4. The zero-order chi connectivity index (χ0) is 15.5. The largest absolute Gasteiger partial charge is 0.416 e. The smallest absolute Gasteiger partial charge is 0.388 e. The topological polar surface area (TPSA) is 20.2 Å². The van der Waals surface area contributed by atoms with Gasteiger partial charge in [0.05, 0.1) is 16.7 Å². The molecule has 1 nitrogen and oxygen atoms in total. The summed E-state index contributed by atoms with van der Waals surface area (Å²) in [6.07, 6.45) is -5.40. The second-order valence-corrected chi connectivity index (χ2v) is 5.85. The first-order valence-electron chi connectivity index (χ1n) is 6.10. The number of aliphatic hydroxyl groups is 1. The van der Waals surface area contributed by atoms with Crippen LogP contribution in [0.5, 0.6) is 0 Å². The summed E-state index contributed by atoms with van der Waals surface area (Å²) in [6.45, 7) is 0. The molecule has 0 aliphatic heterocycles. The van der Waals surface area contributed by atoms with Gasteiger partial charge >= 0.3 is 6.18 Å². The second-order valence-electron chi connectivity index (χ2n) is 4.38. The maximum atomic E-state index is 12.6. The van der Waals surface area contributed by atoms with Crippen molar-refractivity contribution < 1.29 is 18.3 Å². The van der Waals surface area contributed by atoms with E-state index >= 15 is 0 Å². The molecular weight excluding hydrogens is 321 g/mol. The summed E-state index contributed by atoms with van der Waals surface area (Å²) >= 11 is 7.29. The lowest BCUT2D eigenvalue weighted by atomic mass is 10.1. The van der Waals surface area contributed by atoms with E-state index in [4.69, 9.17) is 11.6 Å². The van der Waals surface area contributed by atoms with Crippen molar-refractivity contribution in [2.24, 2.45) is 0 Å². The Bertz CT molecular complexity index is 616. The molecule has 0 saturated carbocycles. The summed E-state index contributed by atoms with van der Waals surface area (Å²) in [5.74, 6) is 0.227. The third-order valence-corrected chi connectivity index (χ3v) is 4.42. The van der Waals surface area contributed by atoms with Crippen molar-refractivity contribution in [1.82, 2.24) is 0 Å². The van der Waals surface area contributed by atoms with E-state index < -0.39 is 17.8 Å². The molecule has 112 valence electrons. The molecule has 1 unspecified atom stereocenters. The van der Waals surface area contributed by atoms with Crippen molar-refractivity contribution >= 4 is 23.4 Å². The predicted octanol–water partition coefficient (Wildman–Crippen LogP) is 5.18. The minimum absolute atomic E-state index is 0.227. The second kappa shape index (κ2) is 6.73. The molecule has 6 heteroatoms. The highest BCUT2D eigenvalue weighted by atomic mass is 35.5. The van der Waals surface area contributed by atoms with Crippen LogP contribution in [0.15, 0.2) is 53.4 Å². The average molecular weight is 333 g/mol. The quantitative estimate of drug-likeness (QED) is 0.778. The Morgan fingerprint density at radius 2 is 1.81 bits per heavy atom. The minimum Gasteiger partial charge on any atom is -0.388 e. The van der Waals surface area contributed by atoms with E-state index in [2.05, 4.69) is 0 Å². The van der Waals surface area contributed by atoms with Crippen molar-refractivity contribution in [3.05, 3.63) is 64.7 Å². The van der Waals surface area contributed by atoms with E-state index in [1.807, 2.05) is 6.07 Å². The van der Waals surface area contributed by atoms with Crippen LogP contribution in [0.25, 0.3) is 0 Å².